The van der Waals surface area contributed by atoms with Crippen LogP contribution in [0.15, 0.2) is 35.7 Å². The number of hydrogen-bond acceptors (Lipinski definition) is 4. The fraction of sp³-hybridized carbons (Fsp3) is 0.438. The molecule has 0 radical (unpaired) electrons. The molecule has 0 fully saturated rings. The molecule has 118 valence electrons. The number of aromatic nitrogens is 3. The zero-order valence-corrected chi connectivity index (χ0v) is 14.1. The molecule has 0 saturated heterocycles. The van der Waals surface area contributed by atoms with E-state index in [-0.39, 0.29) is 11.9 Å². The van der Waals surface area contributed by atoms with Crippen LogP contribution < -0.4 is 5.32 Å². The second-order valence-electron chi connectivity index (χ2n) is 5.32. The Hall–Kier alpha value is -1.82. The van der Waals surface area contributed by atoms with Crippen molar-refractivity contribution in [2.24, 2.45) is 0 Å². The number of rotatable bonds is 7. The number of carbonyl (C=O) groups is 1. The lowest BCUT2D eigenvalue weighted by Crippen LogP contribution is -2.33. The molecule has 0 unspecified atom stereocenters. The van der Waals surface area contributed by atoms with Crippen LogP contribution in [-0.2, 0) is 4.79 Å². The smallest absolute Gasteiger partial charge is 0.230 e. The third-order valence-electron chi connectivity index (χ3n) is 3.35. The van der Waals surface area contributed by atoms with Gasteiger partial charge in [0.15, 0.2) is 5.16 Å². The second kappa shape index (κ2) is 7.98. The van der Waals surface area contributed by atoms with Crippen molar-refractivity contribution in [1.29, 1.82) is 0 Å². The molecule has 5 nitrogen and oxygen atoms in total. The minimum Gasteiger partial charge on any atom is -0.353 e. The normalized spacial score (nSPS) is 12.1. The molecule has 1 aromatic carbocycles. The average molecular weight is 318 g/mol. The minimum absolute atomic E-state index is 0.0327. The van der Waals surface area contributed by atoms with E-state index in [1.54, 1.807) is 6.33 Å². The molecular formula is C16H22N4OS. The summed E-state index contributed by atoms with van der Waals surface area (Å²) in [5.74, 6) is 0.379. The van der Waals surface area contributed by atoms with E-state index in [9.17, 15) is 4.79 Å². The Morgan fingerprint density at radius 3 is 2.91 bits per heavy atom. The van der Waals surface area contributed by atoms with Crippen molar-refractivity contribution >= 4 is 17.7 Å². The summed E-state index contributed by atoms with van der Waals surface area (Å²) in [5, 5.41) is 11.8. The van der Waals surface area contributed by atoms with Crippen LogP contribution in [0.2, 0.25) is 0 Å². The third kappa shape index (κ3) is 4.34. The second-order valence-corrected chi connectivity index (χ2v) is 6.26. The first kappa shape index (κ1) is 16.5. The van der Waals surface area contributed by atoms with Crippen LogP contribution >= 0.6 is 11.8 Å². The van der Waals surface area contributed by atoms with Crippen molar-refractivity contribution in [3.05, 3.63) is 36.2 Å². The summed E-state index contributed by atoms with van der Waals surface area (Å²) >= 11 is 1.40. The van der Waals surface area contributed by atoms with E-state index in [1.807, 2.05) is 42.7 Å². The number of thioether (sulfide) groups is 1. The first-order valence-corrected chi connectivity index (χ1v) is 8.48. The summed E-state index contributed by atoms with van der Waals surface area (Å²) in [6.45, 7) is 6.19. The number of para-hydroxylation sites is 1. The molecule has 0 bridgehead atoms. The third-order valence-corrected chi connectivity index (χ3v) is 4.30. The van der Waals surface area contributed by atoms with Crippen LogP contribution in [0.3, 0.4) is 0 Å². The molecule has 1 heterocycles. The molecule has 0 aliphatic rings. The van der Waals surface area contributed by atoms with Crippen LogP contribution in [0.5, 0.6) is 0 Å². The summed E-state index contributed by atoms with van der Waals surface area (Å²) in [7, 11) is 0. The standard InChI is InChI=1S/C16H22N4OS/c1-4-7-13(3)18-15(21)10-22-16-19-17-11-20(16)14-9-6-5-8-12(14)2/h5-6,8-9,11,13H,4,7,10H2,1-3H3,(H,18,21)/t13-/m0/s1. The van der Waals surface area contributed by atoms with E-state index in [2.05, 4.69) is 22.4 Å². The van der Waals surface area contributed by atoms with Gasteiger partial charge in [0, 0.05) is 6.04 Å². The fourth-order valence-corrected chi connectivity index (χ4v) is 3.01. The maximum absolute atomic E-state index is 11.9. The summed E-state index contributed by atoms with van der Waals surface area (Å²) in [6.07, 6.45) is 3.74. The highest BCUT2D eigenvalue weighted by Crippen LogP contribution is 2.21. The molecule has 1 aromatic heterocycles. The Labute approximate surface area is 135 Å². The van der Waals surface area contributed by atoms with E-state index < -0.39 is 0 Å². The largest absolute Gasteiger partial charge is 0.353 e. The lowest BCUT2D eigenvalue weighted by molar-refractivity contribution is -0.119. The highest BCUT2D eigenvalue weighted by atomic mass is 32.2. The van der Waals surface area contributed by atoms with Crippen LogP contribution in [0, 0.1) is 6.92 Å². The molecule has 0 aliphatic carbocycles. The first-order valence-electron chi connectivity index (χ1n) is 7.50. The maximum Gasteiger partial charge on any atom is 0.230 e. The van der Waals surface area contributed by atoms with Crippen LogP contribution in [0.1, 0.15) is 32.3 Å². The summed E-state index contributed by atoms with van der Waals surface area (Å²) < 4.78 is 1.92. The number of hydrogen-bond donors (Lipinski definition) is 1. The number of benzene rings is 1. The van der Waals surface area contributed by atoms with Gasteiger partial charge < -0.3 is 5.32 Å². The van der Waals surface area contributed by atoms with Gasteiger partial charge >= 0.3 is 0 Å². The molecule has 22 heavy (non-hydrogen) atoms. The predicted molar refractivity (Wildman–Crippen MR) is 89.3 cm³/mol. The van der Waals surface area contributed by atoms with Crippen LogP contribution in [-0.4, -0.2) is 32.5 Å². The Bertz CT molecular complexity index is 626. The van der Waals surface area contributed by atoms with E-state index in [0.29, 0.717) is 5.75 Å². The van der Waals surface area contributed by atoms with E-state index in [4.69, 9.17) is 0 Å². The van der Waals surface area contributed by atoms with E-state index in [0.717, 1.165) is 29.2 Å². The summed E-state index contributed by atoms with van der Waals surface area (Å²) in [4.78, 5) is 11.9. The zero-order valence-electron chi connectivity index (χ0n) is 13.2. The summed E-state index contributed by atoms with van der Waals surface area (Å²) in [5.41, 5.74) is 2.18. The Morgan fingerprint density at radius 2 is 2.18 bits per heavy atom. The molecule has 0 aliphatic heterocycles. The van der Waals surface area contributed by atoms with Gasteiger partial charge in [0.1, 0.15) is 6.33 Å². The molecule has 6 heteroatoms. The minimum atomic E-state index is 0.0327. The SMILES string of the molecule is CCC[C@H](C)NC(=O)CSc1nncn1-c1ccccc1C. The number of nitrogens with zero attached hydrogens (tertiary/aromatic N) is 3. The highest BCUT2D eigenvalue weighted by molar-refractivity contribution is 7.99. The molecule has 0 saturated carbocycles. The van der Waals surface area contributed by atoms with Crippen molar-refractivity contribution in [2.45, 2.75) is 44.8 Å². The molecule has 1 amide bonds. The topological polar surface area (TPSA) is 59.8 Å². The monoisotopic (exact) mass is 318 g/mol. The van der Waals surface area contributed by atoms with Gasteiger partial charge in [-0.25, -0.2) is 0 Å². The molecule has 2 aromatic rings. The molecule has 0 spiro atoms. The number of carbonyl (C=O) groups excluding carboxylic acids is 1. The Kier molecular flexibility index (Phi) is 6.00. The van der Waals surface area contributed by atoms with Crippen LogP contribution in [0.4, 0.5) is 0 Å². The van der Waals surface area contributed by atoms with Crippen molar-refractivity contribution in [2.75, 3.05) is 5.75 Å². The van der Waals surface area contributed by atoms with E-state index >= 15 is 0 Å². The van der Waals surface area contributed by atoms with Gasteiger partial charge in [-0.1, -0.05) is 43.3 Å². The molecule has 1 N–H and O–H groups in total. The van der Waals surface area contributed by atoms with Crippen molar-refractivity contribution < 1.29 is 4.79 Å². The summed E-state index contributed by atoms with van der Waals surface area (Å²) in [6, 6.07) is 8.26. The predicted octanol–water partition coefficient (Wildman–Crippen LogP) is 2.97. The van der Waals surface area contributed by atoms with Gasteiger partial charge in [-0.2, -0.15) is 0 Å². The van der Waals surface area contributed by atoms with Crippen molar-refractivity contribution in [1.82, 2.24) is 20.1 Å². The lowest BCUT2D eigenvalue weighted by atomic mass is 10.2. The van der Waals surface area contributed by atoms with Gasteiger partial charge in [0.2, 0.25) is 5.91 Å². The van der Waals surface area contributed by atoms with E-state index in [1.165, 1.54) is 11.8 Å². The van der Waals surface area contributed by atoms with Gasteiger partial charge in [-0.15, -0.1) is 10.2 Å². The van der Waals surface area contributed by atoms with Crippen molar-refractivity contribution in [3.63, 3.8) is 0 Å². The van der Waals surface area contributed by atoms with Gasteiger partial charge in [0.25, 0.3) is 0 Å². The van der Waals surface area contributed by atoms with Gasteiger partial charge in [0.05, 0.1) is 11.4 Å². The molecule has 2 rings (SSSR count). The first-order chi connectivity index (χ1) is 10.6. The van der Waals surface area contributed by atoms with Crippen molar-refractivity contribution in [3.8, 4) is 5.69 Å². The van der Waals surface area contributed by atoms with Crippen LogP contribution in [0.25, 0.3) is 5.69 Å². The van der Waals surface area contributed by atoms with Gasteiger partial charge in [-0.05, 0) is 31.9 Å². The fourth-order valence-electron chi connectivity index (χ4n) is 2.27. The Balaban J connectivity index is 1.99. The zero-order chi connectivity index (χ0) is 15.9. The molecular weight excluding hydrogens is 296 g/mol. The number of aryl methyl sites for hydroxylation is 1. The number of amides is 1. The lowest BCUT2D eigenvalue weighted by Gasteiger charge is -2.12. The molecule has 1 atom stereocenters. The van der Waals surface area contributed by atoms with Gasteiger partial charge in [-0.3, -0.25) is 9.36 Å². The highest BCUT2D eigenvalue weighted by Gasteiger charge is 2.12. The average Bonchev–Trinajstić information content (AvgIpc) is 2.94. The number of nitrogens with one attached hydrogen (secondary N) is 1. The Morgan fingerprint density at radius 1 is 1.41 bits per heavy atom. The maximum atomic E-state index is 11.9. The quantitative estimate of drug-likeness (QED) is 0.797.